The third kappa shape index (κ3) is 8.57. The zero-order valence-corrected chi connectivity index (χ0v) is 43.2. The zero-order chi connectivity index (χ0) is 86.6. The van der Waals surface area contributed by atoms with Gasteiger partial charge in [0.15, 0.2) is 0 Å². The third-order valence-electron chi connectivity index (χ3n) is 13.5. The predicted molar refractivity (Wildman–Crippen MR) is 310 cm³/mol. The van der Waals surface area contributed by atoms with Crippen LogP contribution in [0.1, 0.15) is 190 Å². The maximum absolute atomic E-state index is 10.4. The Morgan fingerprint density at radius 3 is 2.04 bits per heavy atom. The van der Waals surface area contributed by atoms with Crippen molar-refractivity contribution in [3.05, 3.63) is 192 Å². The normalized spacial score (nSPS) is 29.5. The van der Waals surface area contributed by atoms with Gasteiger partial charge in [0.2, 0.25) is 6.33 Å². The smallest absolute Gasteiger partial charge is 0.242 e. The number of aryl methyl sites for hydroxylation is 1. The summed E-state index contributed by atoms with van der Waals surface area (Å²) in [4.78, 5) is 4.73. The van der Waals surface area contributed by atoms with Crippen LogP contribution in [-0.4, -0.2) is 14.1 Å². The molecule has 1 unspecified atom stereocenters. The van der Waals surface area contributed by atoms with Crippen LogP contribution in [0.25, 0.3) is 77.7 Å². The fourth-order valence-corrected chi connectivity index (χ4v) is 9.74. The molecule has 0 spiro atoms. The molecule has 6 heteroatoms. The average Bonchev–Trinajstić information content (AvgIpc) is 0.729. The van der Waals surface area contributed by atoms with Crippen molar-refractivity contribution in [1.29, 1.82) is 0 Å². The fraction of sp³-hybridized carbons (Fsp3) is 0.314. The van der Waals surface area contributed by atoms with Gasteiger partial charge in [-0.05, 0) is 144 Å². The molecule has 5 nitrogen and oxygen atoms in total. The van der Waals surface area contributed by atoms with Gasteiger partial charge in [0.1, 0.15) is 5.82 Å². The van der Waals surface area contributed by atoms with Crippen LogP contribution < -0.4 is 9.30 Å². The second-order valence-corrected chi connectivity index (χ2v) is 19.5. The minimum atomic E-state index is -4.90. The van der Waals surface area contributed by atoms with E-state index in [1.807, 2.05) is 61.7 Å². The number of para-hydroxylation sites is 2. The van der Waals surface area contributed by atoms with Gasteiger partial charge in [0.05, 0.1) is 30.3 Å². The number of imidazole rings is 1. The van der Waals surface area contributed by atoms with Crippen LogP contribution in [0.3, 0.4) is 0 Å². The van der Waals surface area contributed by atoms with Crippen LogP contribution in [-0.2, 0) is 55.1 Å². The van der Waals surface area contributed by atoms with Crippen molar-refractivity contribution in [1.82, 2.24) is 14.1 Å². The first-order valence-corrected chi connectivity index (χ1v) is 23.6. The van der Waals surface area contributed by atoms with Crippen LogP contribution in [0.15, 0.2) is 146 Å². The molecule has 0 radical (unpaired) electrons. The number of rotatable bonds is 8. The molecule has 3 heterocycles. The predicted octanol–water partition coefficient (Wildman–Crippen LogP) is 17.5. The monoisotopic (exact) mass is 1220 g/mol. The molecule has 2 aliphatic rings. The molecular weight excluding hydrogens is 1110 g/mol. The molecule has 12 rings (SSSR count). The van der Waals surface area contributed by atoms with Crippen LogP contribution in [0.2, 0.25) is 0 Å². The van der Waals surface area contributed by atoms with E-state index in [0.717, 1.165) is 50.7 Å². The summed E-state index contributed by atoms with van der Waals surface area (Å²) in [5, 5.41) is 1.59. The van der Waals surface area contributed by atoms with E-state index < -0.39 is 206 Å². The van der Waals surface area contributed by atoms with E-state index >= 15 is 0 Å². The van der Waals surface area contributed by atoms with Crippen molar-refractivity contribution >= 4 is 32.8 Å². The zero-order valence-electron chi connectivity index (χ0n) is 80.9. The minimum absolute atomic E-state index is 0. The number of benzene rings is 7. The van der Waals surface area contributed by atoms with Gasteiger partial charge in [0, 0.05) is 86.8 Å². The number of fused-ring (bicyclic) bond motifs is 6. The first-order valence-electron chi connectivity index (χ1n) is 43.6. The van der Waals surface area contributed by atoms with Crippen molar-refractivity contribution in [2.45, 2.75) is 135 Å². The van der Waals surface area contributed by atoms with Crippen LogP contribution >= 0.6 is 0 Å². The molecule has 0 aliphatic heterocycles. The first-order chi connectivity index (χ1) is 52.0. The van der Waals surface area contributed by atoms with E-state index in [1.165, 1.54) is 30.3 Å². The summed E-state index contributed by atoms with van der Waals surface area (Å²) in [6.45, 7) is -28.9. The number of pyridine rings is 1. The van der Waals surface area contributed by atoms with E-state index in [0.29, 0.717) is 22.8 Å². The van der Waals surface area contributed by atoms with Gasteiger partial charge >= 0.3 is 0 Å². The molecule has 76 heavy (non-hydrogen) atoms. The summed E-state index contributed by atoms with van der Waals surface area (Å²) in [6.07, 6.45) is -18.6. The van der Waals surface area contributed by atoms with Gasteiger partial charge in [-0.1, -0.05) is 178 Å². The number of hydrogen-bond donors (Lipinski definition) is 0. The van der Waals surface area contributed by atoms with Gasteiger partial charge < -0.3 is 18.4 Å². The minimum Gasteiger partial charge on any atom is -0.510 e. The number of hydrogen-bond acceptors (Lipinski definition) is 2. The molecule has 2 aliphatic carbocycles. The Bertz CT molecular complexity index is 5430. The van der Waals surface area contributed by atoms with Gasteiger partial charge in [-0.15, -0.1) is 29.7 Å². The topological polar surface area (TPSA) is 35.9 Å². The summed E-state index contributed by atoms with van der Waals surface area (Å²) < 4.78 is 383. The molecule has 10 aromatic rings. The van der Waals surface area contributed by atoms with Gasteiger partial charge in [0.25, 0.3) is 0 Å². The molecule has 7 aromatic carbocycles. The average molecular weight is 1220 g/mol. The SMILES string of the molecule is [2H]c1c([2H])c2c(c([2H])c1-c1cccc(-c3c([2H])c([2H])c4c(c3[2H])C(C([2H])([2H])[2H])(C([2H])([2H])[2H])C([2H])([2H])C([2H])([2H])C4(C([2H])([2H])[2H])C([2H])([2H])C)c1-c1cccc3c1[n+](C([2H])([2H])[2H])[c-]n3-c1[c-]c(Oc3[c-]c4c(cc3)c3ccccc3n4-c3cc(C(C)(C)C)ccn3)ccc1)C(C([2H])([2H])[2H])(C([2H])([2H])[2H])C([2H])([2H])C([2H])([2H])C2(C([2H])([2H])[2H])C([2H])([2H])[2H].[Pt]. The molecule has 0 N–H and O–H groups in total. The molecule has 3 aromatic heterocycles. The summed E-state index contributed by atoms with van der Waals surface area (Å²) in [5.41, 5.74) is -31.6. The Labute approximate surface area is 521 Å². The van der Waals surface area contributed by atoms with Crippen LogP contribution in [0.4, 0.5) is 0 Å². The van der Waals surface area contributed by atoms with Crippen molar-refractivity contribution < 1.29 is 85.2 Å². The second kappa shape index (κ2) is 18.6. The number of ether oxygens (including phenoxy) is 1. The van der Waals surface area contributed by atoms with E-state index in [-0.39, 0.29) is 49.2 Å². The number of aromatic nitrogens is 4. The van der Waals surface area contributed by atoms with Gasteiger partial charge in [-0.2, -0.15) is 18.2 Å². The van der Waals surface area contributed by atoms with Gasteiger partial charge in [-0.3, -0.25) is 0 Å². The Morgan fingerprint density at radius 2 is 1.33 bits per heavy atom. The molecule has 388 valence electrons. The third-order valence-corrected chi connectivity index (χ3v) is 13.5. The molecule has 0 amide bonds. The fourth-order valence-electron chi connectivity index (χ4n) is 9.74. The molecule has 1 atom stereocenters. The van der Waals surface area contributed by atoms with E-state index in [4.69, 9.17) is 38.5 Å². The van der Waals surface area contributed by atoms with Crippen molar-refractivity contribution in [2.75, 3.05) is 0 Å². The standard InChI is InChI=1S/C70H70N4O.Pt/c1-13-70(11)37-36-69(9,10)59-40-46(28-32-57(59)70)52-23-17-22-51(45-27-31-56-58(39-45)68(7,8)35-34-67(56,5)6)64(52)55-24-18-26-61-65(55)72(12)44-73(61)48-19-16-20-49(42-48)75-50-29-30-54-53-21-14-15-25-60(53)74(62(54)43-50)63-41-47(33-38-71-63)66(2,3)4;/h14-33,38-41H,13,34-37H2,1-12H3;/q-2;/i5D3,6D3,7D3,8D3,9D3,10D3,11D3,12D3,13D2,27D,28D,31D,32D,34D2,35D2,36D2,37D2,39D,40D;. The molecule has 0 fully saturated rings. The van der Waals surface area contributed by atoms with E-state index in [1.54, 1.807) is 18.3 Å². The van der Waals surface area contributed by atoms with Crippen molar-refractivity contribution in [2.24, 2.45) is 6.98 Å². The van der Waals surface area contributed by atoms with E-state index in [2.05, 4.69) is 18.5 Å². The van der Waals surface area contributed by atoms with Crippen LogP contribution in [0, 0.1) is 18.5 Å². The summed E-state index contributed by atoms with van der Waals surface area (Å²) in [7, 11) is 0. The van der Waals surface area contributed by atoms with E-state index in [9.17, 15) is 26.0 Å². The van der Waals surface area contributed by atoms with Crippen molar-refractivity contribution in [3.63, 3.8) is 0 Å². The van der Waals surface area contributed by atoms with Gasteiger partial charge in [-0.25, -0.2) is 4.98 Å². The Hall–Kier alpha value is -6.55. The maximum Gasteiger partial charge on any atom is 0.242 e. The van der Waals surface area contributed by atoms with Crippen LogP contribution in [0.5, 0.6) is 11.5 Å². The summed E-state index contributed by atoms with van der Waals surface area (Å²) in [6, 6.07) is 20.9. The molecule has 0 saturated heterocycles. The Balaban J connectivity index is 0.0000132. The quantitative estimate of drug-likeness (QED) is 0.112. The summed E-state index contributed by atoms with van der Waals surface area (Å²) >= 11 is 0. The Morgan fingerprint density at radius 1 is 0.684 bits per heavy atom. The summed E-state index contributed by atoms with van der Waals surface area (Å²) in [5.74, 6) is 0.590. The molecule has 0 saturated carbocycles. The Kier molecular flexibility index (Phi) is 5.58. The molecule has 0 bridgehead atoms. The maximum atomic E-state index is 10.4. The number of nitrogens with zero attached hydrogens (tertiary/aromatic N) is 4. The molecular formula is C70H70N4OPt-2. The first kappa shape index (κ1) is 22.8. The largest absolute Gasteiger partial charge is 0.510 e. The van der Waals surface area contributed by atoms with Crippen molar-refractivity contribution in [3.8, 4) is 56.4 Å². The second-order valence-electron chi connectivity index (χ2n) is 19.5.